The maximum atomic E-state index is 12.9. The summed E-state index contributed by atoms with van der Waals surface area (Å²) in [5.41, 5.74) is 0.377. The number of hydrogen-bond donors (Lipinski definition) is 1. The van der Waals surface area contributed by atoms with E-state index in [1.165, 1.54) is 12.1 Å². The summed E-state index contributed by atoms with van der Waals surface area (Å²) in [4.78, 5) is 0. The van der Waals surface area contributed by atoms with Crippen LogP contribution in [0, 0.1) is 11.6 Å². The van der Waals surface area contributed by atoms with Gasteiger partial charge in [-0.15, -0.1) is 0 Å². The lowest BCUT2D eigenvalue weighted by Gasteiger charge is -2.08. The van der Waals surface area contributed by atoms with Gasteiger partial charge in [-0.2, -0.15) is 0 Å². The van der Waals surface area contributed by atoms with Crippen molar-refractivity contribution in [3.05, 3.63) is 58.0 Å². The fourth-order valence-electron chi connectivity index (χ4n) is 1.56. The molecule has 0 bridgehead atoms. The Bertz CT molecular complexity index is 505. The van der Waals surface area contributed by atoms with Crippen LogP contribution in [0.2, 0.25) is 0 Å². The highest BCUT2D eigenvalue weighted by atomic mass is 79.9. The van der Waals surface area contributed by atoms with E-state index in [-0.39, 0.29) is 6.42 Å². The fraction of sp³-hybridized carbons (Fsp3) is 0.167. The van der Waals surface area contributed by atoms with Crippen LogP contribution in [-0.2, 0) is 6.42 Å². The first-order valence-electron chi connectivity index (χ1n) is 4.93. The van der Waals surface area contributed by atoms with Crippen LogP contribution in [0.1, 0.15) is 17.4 Å². The van der Waals surface area contributed by atoms with E-state index in [4.69, 9.17) is 4.42 Å². The van der Waals surface area contributed by atoms with Gasteiger partial charge in [-0.25, -0.2) is 8.78 Å². The van der Waals surface area contributed by atoms with Crippen molar-refractivity contribution < 1.29 is 18.3 Å². The second-order valence-electron chi connectivity index (χ2n) is 3.64. The highest BCUT2D eigenvalue weighted by Gasteiger charge is 2.13. The van der Waals surface area contributed by atoms with Gasteiger partial charge in [0.1, 0.15) is 23.5 Å². The number of furan rings is 1. The Hall–Kier alpha value is -1.20. The number of halogens is 3. The molecule has 2 rings (SSSR count). The van der Waals surface area contributed by atoms with Crippen LogP contribution in [0.3, 0.4) is 0 Å². The molecule has 0 aliphatic carbocycles. The molecule has 0 fully saturated rings. The molecule has 1 atom stereocenters. The average molecular weight is 303 g/mol. The topological polar surface area (TPSA) is 33.4 Å². The maximum Gasteiger partial charge on any atom is 0.169 e. The van der Waals surface area contributed by atoms with Gasteiger partial charge in [0.2, 0.25) is 0 Å². The van der Waals surface area contributed by atoms with Crippen LogP contribution in [0.25, 0.3) is 0 Å². The number of benzene rings is 1. The van der Waals surface area contributed by atoms with E-state index in [1.54, 1.807) is 12.1 Å². The van der Waals surface area contributed by atoms with Crippen molar-refractivity contribution in [1.29, 1.82) is 0 Å². The lowest BCUT2D eigenvalue weighted by Crippen LogP contribution is -2.01. The lowest BCUT2D eigenvalue weighted by molar-refractivity contribution is 0.148. The SMILES string of the molecule is OC(Cc1cc(F)cc(F)c1)c1ccc(Br)o1. The predicted molar refractivity (Wildman–Crippen MR) is 61.4 cm³/mol. The molecule has 1 aromatic heterocycles. The number of rotatable bonds is 3. The van der Waals surface area contributed by atoms with Gasteiger partial charge in [0.05, 0.1) is 0 Å². The predicted octanol–water partition coefficient (Wildman–Crippen LogP) is 3.60. The van der Waals surface area contributed by atoms with Crippen LogP contribution in [0.15, 0.2) is 39.4 Å². The molecule has 0 spiro atoms. The molecule has 0 aliphatic heterocycles. The minimum absolute atomic E-state index is 0.0919. The second kappa shape index (κ2) is 4.98. The van der Waals surface area contributed by atoms with Crippen molar-refractivity contribution in [2.75, 3.05) is 0 Å². The van der Waals surface area contributed by atoms with Gasteiger partial charge >= 0.3 is 0 Å². The Morgan fingerprint density at radius 2 is 1.82 bits per heavy atom. The van der Waals surface area contributed by atoms with E-state index in [0.29, 0.717) is 16.0 Å². The van der Waals surface area contributed by atoms with Gasteiger partial charge in [-0.05, 0) is 45.8 Å². The van der Waals surface area contributed by atoms with Crippen LogP contribution in [-0.4, -0.2) is 5.11 Å². The largest absolute Gasteiger partial charge is 0.452 e. The summed E-state index contributed by atoms with van der Waals surface area (Å²) in [6.07, 6.45) is -0.836. The van der Waals surface area contributed by atoms with Crippen molar-refractivity contribution in [3.63, 3.8) is 0 Å². The summed E-state index contributed by atoms with van der Waals surface area (Å²) in [7, 11) is 0. The molecule has 90 valence electrons. The zero-order valence-corrected chi connectivity index (χ0v) is 10.2. The van der Waals surface area contributed by atoms with E-state index in [2.05, 4.69) is 15.9 Å². The molecule has 2 aromatic rings. The van der Waals surface area contributed by atoms with E-state index in [9.17, 15) is 13.9 Å². The van der Waals surface area contributed by atoms with Crippen molar-refractivity contribution in [3.8, 4) is 0 Å². The normalized spacial score (nSPS) is 12.7. The summed E-state index contributed by atoms with van der Waals surface area (Å²) in [5.74, 6) is -0.970. The number of aliphatic hydroxyl groups is 1. The van der Waals surface area contributed by atoms with Gasteiger partial charge in [0.25, 0.3) is 0 Å². The maximum absolute atomic E-state index is 12.9. The monoisotopic (exact) mass is 302 g/mol. The van der Waals surface area contributed by atoms with Crippen molar-refractivity contribution in [1.82, 2.24) is 0 Å². The molecule has 5 heteroatoms. The van der Waals surface area contributed by atoms with Gasteiger partial charge in [-0.1, -0.05) is 0 Å². The lowest BCUT2D eigenvalue weighted by atomic mass is 10.1. The highest BCUT2D eigenvalue weighted by molar-refractivity contribution is 9.10. The second-order valence-corrected chi connectivity index (χ2v) is 4.42. The van der Waals surface area contributed by atoms with Crippen molar-refractivity contribution in [2.45, 2.75) is 12.5 Å². The van der Waals surface area contributed by atoms with Crippen LogP contribution >= 0.6 is 15.9 Å². The summed E-state index contributed by atoms with van der Waals surface area (Å²) in [6.45, 7) is 0. The quantitative estimate of drug-likeness (QED) is 0.940. The molecule has 2 nitrogen and oxygen atoms in total. The van der Waals surface area contributed by atoms with Gasteiger partial charge in [-0.3, -0.25) is 0 Å². The molecule has 0 aliphatic rings. The summed E-state index contributed by atoms with van der Waals surface area (Å²) in [5, 5.41) is 9.81. The fourth-order valence-corrected chi connectivity index (χ4v) is 1.88. The first-order chi connectivity index (χ1) is 8.04. The molecule has 0 amide bonds. The number of hydrogen-bond acceptors (Lipinski definition) is 2. The van der Waals surface area contributed by atoms with Crippen molar-refractivity contribution in [2.24, 2.45) is 0 Å². The first kappa shape index (κ1) is 12.3. The van der Waals surface area contributed by atoms with Crippen LogP contribution in [0.5, 0.6) is 0 Å². The van der Waals surface area contributed by atoms with E-state index in [0.717, 1.165) is 6.07 Å². The molecule has 0 radical (unpaired) electrons. The van der Waals surface area contributed by atoms with E-state index >= 15 is 0 Å². The molecule has 1 heterocycles. The summed E-state index contributed by atoms with van der Waals surface area (Å²) < 4.78 is 31.5. The molecule has 1 N–H and O–H groups in total. The smallest absolute Gasteiger partial charge is 0.169 e. The minimum Gasteiger partial charge on any atom is -0.452 e. The Kier molecular flexibility index (Phi) is 3.59. The summed E-state index contributed by atoms with van der Waals surface area (Å²) in [6, 6.07) is 6.41. The Balaban J connectivity index is 2.15. The van der Waals surface area contributed by atoms with Crippen LogP contribution in [0.4, 0.5) is 8.78 Å². The Labute approximate surface area is 105 Å². The standard InChI is InChI=1S/C12H9BrF2O2/c13-12-2-1-11(17-12)10(16)5-7-3-8(14)6-9(15)4-7/h1-4,6,10,16H,5H2. The molecule has 0 saturated carbocycles. The van der Waals surface area contributed by atoms with Gasteiger partial charge in [0.15, 0.2) is 4.67 Å². The van der Waals surface area contributed by atoms with Crippen molar-refractivity contribution >= 4 is 15.9 Å². The molecular weight excluding hydrogens is 294 g/mol. The first-order valence-corrected chi connectivity index (χ1v) is 5.72. The highest BCUT2D eigenvalue weighted by Crippen LogP contribution is 2.23. The third kappa shape index (κ3) is 3.14. The van der Waals surface area contributed by atoms with E-state index in [1.807, 2.05) is 0 Å². The Morgan fingerprint density at radius 3 is 2.35 bits per heavy atom. The molecular formula is C12H9BrF2O2. The average Bonchev–Trinajstić information content (AvgIpc) is 2.63. The van der Waals surface area contributed by atoms with Gasteiger partial charge < -0.3 is 9.52 Å². The zero-order chi connectivity index (χ0) is 12.4. The molecule has 1 aromatic carbocycles. The van der Waals surface area contributed by atoms with Crippen LogP contribution < -0.4 is 0 Å². The molecule has 17 heavy (non-hydrogen) atoms. The van der Waals surface area contributed by atoms with Gasteiger partial charge in [0, 0.05) is 12.5 Å². The number of aliphatic hydroxyl groups excluding tert-OH is 1. The zero-order valence-electron chi connectivity index (χ0n) is 8.66. The third-order valence-electron chi connectivity index (χ3n) is 2.27. The molecule has 0 saturated heterocycles. The van der Waals surface area contributed by atoms with E-state index < -0.39 is 17.7 Å². The summed E-state index contributed by atoms with van der Waals surface area (Å²) >= 11 is 3.11. The third-order valence-corrected chi connectivity index (χ3v) is 2.70. The minimum atomic E-state index is -0.928. The molecule has 1 unspecified atom stereocenters. The Morgan fingerprint density at radius 1 is 1.18 bits per heavy atom.